The Morgan fingerprint density at radius 3 is 2.78 bits per heavy atom. The van der Waals surface area contributed by atoms with E-state index in [0.29, 0.717) is 11.3 Å². The van der Waals surface area contributed by atoms with Gasteiger partial charge in [-0.05, 0) is 23.8 Å². The summed E-state index contributed by atoms with van der Waals surface area (Å²) >= 11 is 1.50. The zero-order valence-corrected chi connectivity index (χ0v) is 12.7. The van der Waals surface area contributed by atoms with Crippen molar-refractivity contribution in [2.45, 2.75) is 18.0 Å². The predicted molar refractivity (Wildman–Crippen MR) is 82.0 cm³/mol. The first-order chi connectivity index (χ1) is 11.0. The van der Waals surface area contributed by atoms with Gasteiger partial charge in [-0.25, -0.2) is 4.79 Å². The number of esters is 1. The summed E-state index contributed by atoms with van der Waals surface area (Å²) in [6, 6.07) is 5.14. The fourth-order valence-electron chi connectivity index (χ4n) is 2.36. The first kappa shape index (κ1) is 15.5. The van der Waals surface area contributed by atoms with E-state index in [2.05, 4.69) is 0 Å². The number of benzene rings is 1. The van der Waals surface area contributed by atoms with Crippen LogP contribution in [-0.4, -0.2) is 38.9 Å². The summed E-state index contributed by atoms with van der Waals surface area (Å²) < 4.78 is 5.18. The van der Waals surface area contributed by atoms with Crippen molar-refractivity contribution >= 4 is 29.3 Å². The summed E-state index contributed by atoms with van der Waals surface area (Å²) in [6.45, 7) is -0.0277. The maximum absolute atomic E-state index is 12.1. The van der Waals surface area contributed by atoms with Crippen molar-refractivity contribution in [3.8, 4) is 0 Å². The number of carbonyl (C=O) groups excluding carboxylic acids is 2. The number of thioether (sulfide) groups is 1. The van der Waals surface area contributed by atoms with Gasteiger partial charge in [-0.2, -0.15) is 0 Å². The van der Waals surface area contributed by atoms with Crippen LogP contribution in [0.4, 0.5) is 5.69 Å². The Bertz CT molecular complexity index is 703. The zero-order chi connectivity index (χ0) is 16.6. The maximum atomic E-state index is 12.1. The van der Waals surface area contributed by atoms with Crippen LogP contribution in [0.2, 0.25) is 0 Å². The van der Waals surface area contributed by atoms with Crippen LogP contribution < -0.4 is 5.73 Å². The minimum atomic E-state index is -0.603. The second-order valence-corrected chi connectivity index (χ2v) is 6.20. The number of nitrogens with zero attached hydrogens (tertiary/aromatic N) is 2. The lowest BCUT2D eigenvalue weighted by Crippen LogP contribution is -2.68. The first-order valence-electron chi connectivity index (χ1n) is 6.80. The monoisotopic (exact) mass is 335 g/mol. The van der Waals surface area contributed by atoms with Crippen LogP contribution in [0.5, 0.6) is 0 Å². The molecule has 2 aliphatic rings. The quantitative estimate of drug-likeness (QED) is 0.374. The molecule has 23 heavy (non-hydrogen) atoms. The number of hydrogen-bond donors (Lipinski definition) is 1. The van der Waals surface area contributed by atoms with Crippen LogP contribution in [0.15, 0.2) is 36.0 Å². The minimum Gasteiger partial charge on any atom is -0.456 e. The molecule has 1 saturated heterocycles. The van der Waals surface area contributed by atoms with Crippen LogP contribution in [0.3, 0.4) is 0 Å². The Morgan fingerprint density at radius 2 is 2.13 bits per heavy atom. The normalized spacial score (nSPS) is 22.7. The van der Waals surface area contributed by atoms with Gasteiger partial charge in [0.2, 0.25) is 5.91 Å². The smallest absolute Gasteiger partial charge is 0.355 e. The molecule has 8 nitrogen and oxygen atoms in total. The molecular formula is C14H13N3O5S. The van der Waals surface area contributed by atoms with Gasteiger partial charge < -0.3 is 10.5 Å². The number of nitro groups is 1. The minimum absolute atomic E-state index is 0.0277. The number of β-lactam (4-membered cyclic amide) rings is 1. The summed E-state index contributed by atoms with van der Waals surface area (Å²) in [4.78, 5) is 35.3. The second-order valence-electron chi connectivity index (χ2n) is 5.05. The molecule has 120 valence electrons. The number of nitrogens with two attached hydrogens (primary N) is 1. The fourth-order valence-corrected chi connectivity index (χ4v) is 3.50. The zero-order valence-electron chi connectivity index (χ0n) is 11.9. The molecule has 1 aromatic rings. The number of carbonyl (C=O) groups is 2. The highest BCUT2D eigenvalue weighted by atomic mass is 32.2. The van der Waals surface area contributed by atoms with E-state index < -0.39 is 16.9 Å². The standard InChI is InChI=1S/C14H13N3O5S/c15-11-12(18)16-10(5-6-23-13(11)16)14(19)22-7-8-1-3-9(4-2-8)17(20)21/h1-5,11,13H,6-7,15H2/t11-,13+/m1/s1. The lowest BCUT2D eigenvalue weighted by Gasteiger charge is -2.46. The molecule has 3 rings (SSSR count). The third-order valence-corrected chi connectivity index (χ3v) is 4.82. The van der Waals surface area contributed by atoms with E-state index in [0.717, 1.165) is 0 Å². The van der Waals surface area contributed by atoms with Crippen LogP contribution in [0, 0.1) is 10.1 Å². The number of rotatable bonds is 4. The van der Waals surface area contributed by atoms with Gasteiger partial charge in [0.25, 0.3) is 5.69 Å². The molecule has 2 N–H and O–H groups in total. The topological polar surface area (TPSA) is 116 Å². The van der Waals surface area contributed by atoms with Crippen molar-refractivity contribution in [3.05, 3.63) is 51.7 Å². The number of ether oxygens (including phenoxy) is 1. The fraction of sp³-hybridized carbons (Fsp3) is 0.286. The van der Waals surface area contributed by atoms with Crippen molar-refractivity contribution in [2.24, 2.45) is 5.73 Å². The van der Waals surface area contributed by atoms with Crippen molar-refractivity contribution < 1.29 is 19.2 Å². The van der Waals surface area contributed by atoms with Crippen molar-refractivity contribution in [3.63, 3.8) is 0 Å². The summed E-state index contributed by atoms with van der Waals surface area (Å²) in [5.74, 6) is -0.306. The van der Waals surface area contributed by atoms with Gasteiger partial charge in [0.05, 0.1) is 4.92 Å². The maximum Gasteiger partial charge on any atom is 0.355 e. The molecule has 0 radical (unpaired) electrons. The molecule has 0 aromatic heterocycles. The molecule has 0 bridgehead atoms. The summed E-state index contributed by atoms with van der Waals surface area (Å²) in [5, 5.41) is 10.4. The summed E-state index contributed by atoms with van der Waals surface area (Å²) in [5.41, 5.74) is 6.50. The molecule has 1 fully saturated rings. The largest absolute Gasteiger partial charge is 0.456 e. The SMILES string of the molecule is N[C@@H]1C(=O)N2C(C(=O)OCc3ccc([N+](=O)[O-])cc3)=CCS[C@@H]12. The molecule has 1 amide bonds. The van der Waals surface area contributed by atoms with E-state index in [9.17, 15) is 19.7 Å². The van der Waals surface area contributed by atoms with E-state index in [1.54, 1.807) is 6.08 Å². The number of nitro benzene ring substituents is 1. The van der Waals surface area contributed by atoms with Gasteiger partial charge in [0.1, 0.15) is 23.7 Å². The Balaban J connectivity index is 1.62. The van der Waals surface area contributed by atoms with Crippen molar-refractivity contribution in [1.29, 1.82) is 0 Å². The Kier molecular flexibility index (Phi) is 4.05. The lowest BCUT2D eigenvalue weighted by atomic mass is 10.1. The van der Waals surface area contributed by atoms with Crippen molar-refractivity contribution in [1.82, 2.24) is 4.90 Å². The van der Waals surface area contributed by atoms with Crippen LogP contribution in [-0.2, 0) is 20.9 Å². The second kappa shape index (κ2) is 6.01. The highest BCUT2D eigenvalue weighted by Gasteiger charge is 2.50. The van der Waals surface area contributed by atoms with Gasteiger partial charge in [-0.3, -0.25) is 19.8 Å². The molecule has 0 saturated carbocycles. The molecular weight excluding hydrogens is 322 g/mol. The van der Waals surface area contributed by atoms with Crippen LogP contribution in [0.1, 0.15) is 5.56 Å². The Labute approximate surface area is 135 Å². The summed E-state index contributed by atoms with van der Waals surface area (Å²) in [7, 11) is 0. The van der Waals surface area contributed by atoms with E-state index in [1.165, 1.54) is 40.9 Å². The molecule has 0 unspecified atom stereocenters. The third kappa shape index (κ3) is 2.80. The summed E-state index contributed by atoms with van der Waals surface area (Å²) in [6.07, 6.45) is 1.64. The molecule has 2 atom stereocenters. The van der Waals surface area contributed by atoms with E-state index in [1.807, 2.05) is 0 Å². The van der Waals surface area contributed by atoms with E-state index in [-0.39, 0.29) is 29.3 Å². The van der Waals surface area contributed by atoms with E-state index in [4.69, 9.17) is 10.5 Å². The first-order valence-corrected chi connectivity index (χ1v) is 7.85. The van der Waals surface area contributed by atoms with Gasteiger partial charge >= 0.3 is 5.97 Å². The van der Waals surface area contributed by atoms with Gasteiger partial charge in [0.15, 0.2) is 0 Å². The number of non-ortho nitro benzene ring substituents is 1. The Morgan fingerprint density at radius 1 is 1.43 bits per heavy atom. The number of hydrogen-bond acceptors (Lipinski definition) is 7. The molecule has 1 aromatic carbocycles. The van der Waals surface area contributed by atoms with Crippen LogP contribution in [0.25, 0.3) is 0 Å². The average Bonchev–Trinajstić information content (AvgIpc) is 2.58. The van der Waals surface area contributed by atoms with Gasteiger partial charge in [-0.1, -0.05) is 0 Å². The van der Waals surface area contributed by atoms with Gasteiger partial charge in [-0.15, -0.1) is 11.8 Å². The average molecular weight is 335 g/mol. The molecule has 0 spiro atoms. The highest BCUT2D eigenvalue weighted by Crippen LogP contribution is 2.36. The molecule has 0 aliphatic carbocycles. The predicted octanol–water partition coefficient (Wildman–Crippen LogP) is 0.764. The molecule has 2 aliphatic heterocycles. The van der Waals surface area contributed by atoms with Gasteiger partial charge in [0, 0.05) is 17.9 Å². The number of fused-ring (bicyclic) bond motifs is 1. The molecule has 9 heteroatoms. The lowest BCUT2D eigenvalue weighted by molar-refractivity contribution is -0.384. The van der Waals surface area contributed by atoms with Crippen LogP contribution >= 0.6 is 11.8 Å². The third-order valence-electron chi connectivity index (χ3n) is 3.61. The number of amides is 1. The molecule has 2 heterocycles. The van der Waals surface area contributed by atoms with Crippen molar-refractivity contribution in [2.75, 3.05) is 5.75 Å². The highest BCUT2D eigenvalue weighted by molar-refractivity contribution is 8.00. The Hall–Kier alpha value is -2.39. The van der Waals surface area contributed by atoms with E-state index >= 15 is 0 Å².